The molecule has 3 heterocycles. The summed E-state index contributed by atoms with van der Waals surface area (Å²) in [5, 5.41) is 50.1. The second-order valence-corrected chi connectivity index (χ2v) is 21.9. The second kappa shape index (κ2) is 25.9. The molecule has 430 valence electrons. The maximum absolute atomic E-state index is 15.2. The van der Waals surface area contributed by atoms with E-state index in [2.05, 4.69) is 31.9 Å². The Bertz CT molecular complexity index is 2850. The smallest absolute Gasteiger partial charge is 0.329 e. The molecule has 0 radical (unpaired) electrons. The normalized spacial score (nSPS) is 29.1. The highest BCUT2D eigenvalue weighted by atomic mass is 35.5. The number of halogens is 1. The second-order valence-electron chi connectivity index (χ2n) is 21.5. The molecular weight excluding hydrogens is 1060 g/mol. The fourth-order valence-electron chi connectivity index (χ4n) is 10.7. The Hall–Kier alpha value is -7.89. The minimum Gasteiger partial charge on any atom is -0.458 e. The van der Waals surface area contributed by atoms with Gasteiger partial charge in [-0.15, -0.1) is 0 Å². The van der Waals surface area contributed by atoms with Gasteiger partial charge in [0.05, 0.1) is 0 Å². The molecule has 3 aromatic rings. The van der Waals surface area contributed by atoms with E-state index in [1.54, 1.807) is 107 Å². The van der Waals surface area contributed by atoms with Crippen molar-refractivity contribution in [3.63, 3.8) is 0 Å². The van der Waals surface area contributed by atoms with Crippen molar-refractivity contribution < 1.29 is 58.1 Å². The summed E-state index contributed by atoms with van der Waals surface area (Å²) in [5.74, 6) is -11.6. The highest BCUT2D eigenvalue weighted by Crippen LogP contribution is 2.39. The molecule has 4 aliphatic rings. The van der Waals surface area contributed by atoms with Crippen LogP contribution in [0.4, 0.5) is 0 Å². The van der Waals surface area contributed by atoms with E-state index in [1.165, 1.54) is 17.9 Å². The number of rotatable bonds is 17. The third kappa shape index (κ3) is 14.1. The maximum Gasteiger partial charge on any atom is 0.329 e. The Morgan fingerprint density at radius 3 is 1.86 bits per heavy atom. The van der Waals surface area contributed by atoms with Crippen molar-refractivity contribution in [1.29, 1.82) is 0 Å². The SMILES string of the molecule is C/C=C\[C@H]1C[C@H]2C(=O)O[C@@H](C)[C@@H](NC(=O)[C@H](C[C@@H]3C[C@H]3[N+](=O)[O-])NC(=O)c3ccc(Cl)n3O)C(=O)N[C@@H]([C@H](C)c3ccccc3)C(=O)N[C@H](C[C@@H]3C[C@H]3[N+](=O)[O-])C(=O)N[C@@H]([C@H](C)c3ccccc3)C(=O)N[C@@H]([C@@H](C)CC)C(=O)N2C1. The first-order valence-electron chi connectivity index (χ1n) is 26.9. The predicted octanol–water partition coefficient (Wildman–Crippen LogP) is 3.40. The summed E-state index contributed by atoms with van der Waals surface area (Å²) in [6.45, 7) is 9.88. The minimum absolute atomic E-state index is 0.00168. The van der Waals surface area contributed by atoms with Crippen LogP contribution in [0.1, 0.15) is 114 Å². The van der Waals surface area contributed by atoms with Gasteiger partial charge in [0.25, 0.3) is 5.91 Å². The summed E-state index contributed by atoms with van der Waals surface area (Å²) in [7, 11) is 0. The van der Waals surface area contributed by atoms with Crippen molar-refractivity contribution in [2.24, 2.45) is 23.7 Å². The zero-order valence-corrected chi connectivity index (χ0v) is 45.9. The van der Waals surface area contributed by atoms with Crippen LogP contribution in [0, 0.1) is 43.9 Å². The van der Waals surface area contributed by atoms with Crippen molar-refractivity contribution in [3.8, 4) is 0 Å². The number of carbonyl (C=O) groups is 8. The van der Waals surface area contributed by atoms with Gasteiger partial charge in [-0.05, 0) is 68.2 Å². The molecule has 24 nitrogen and oxygen atoms in total. The topological polar surface area (TPSA) is 333 Å². The quantitative estimate of drug-likeness (QED) is 0.0335. The van der Waals surface area contributed by atoms with Gasteiger partial charge in [0, 0.05) is 52.9 Å². The Labute approximate surface area is 466 Å². The number of aromatic nitrogens is 1. The van der Waals surface area contributed by atoms with Gasteiger partial charge in [-0.1, -0.05) is 119 Å². The predicted molar refractivity (Wildman–Crippen MR) is 288 cm³/mol. The third-order valence-electron chi connectivity index (χ3n) is 16.0. The standard InChI is InChI=1S/C55H69ClN10O14/c1-7-15-32-22-42-55(74)80-31(6)47(62-49(68)37(23-35-25-40(35)65(76)77)57-50(69)39-20-21-43(56)64(39)75)53(72)61-45(29(4)33-16-11-9-12-17-33)51(70)58-38(24-36-26-41(36)66(78)79)48(67)60-46(30(5)34-18-13-10-14-19-34)52(71)59-44(28(3)8-2)54(73)63(42)27-32/h7,9-21,28-32,35-38,40-42,44-47,75H,8,22-27H2,1-6H3,(H,57,69)(H,58,70)(H,59,71)(H,60,67)(H,61,72)(H,62,68)/b15-7-/t28-,29+,30+,31-,32-,35+,36+,37-,38+,40+,41+,42-,44-,45-,46-,47+/m0/s1. The van der Waals surface area contributed by atoms with Gasteiger partial charge in [0.15, 0.2) is 0 Å². The third-order valence-corrected chi connectivity index (χ3v) is 16.3. The number of hydrogen-bond donors (Lipinski definition) is 7. The number of nitrogens with zero attached hydrogens (tertiary/aromatic N) is 4. The lowest BCUT2D eigenvalue weighted by atomic mass is 9.90. The number of allylic oxidation sites excluding steroid dienone is 1. The van der Waals surface area contributed by atoms with E-state index >= 15 is 14.4 Å². The molecule has 2 aliphatic heterocycles. The van der Waals surface area contributed by atoms with Gasteiger partial charge in [-0.25, -0.2) is 4.79 Å². The van der Waals surface area contributed by atoms with Crippen LogP contribution in [-0.4, -0.2) is 139 Å². The van der Waals surface area contributed by atoms with Crippen molar-refractivity contribution >= 4 is 58.9 Å². The molecule has 7 rings (SSSR count). The van der Waals surface area contributed by atoms with E-state index in [1.807, 2.05) is 0 Å². The molecule has 2 aliphatic carbocycles. The zero-order chi connectivity index (χ0) is 58.3. The fraction of sp³-hybridized carbons (Fsp3) is 0.527. The van der Waals surface area contributed by atoms with Crippen LogP contribution in [0.5, 0.6) is 0 Å². The number of hydrogen-bond acceptors (Lipinski definition) is 14. The number of cyclic esters (lactones) is 1. The van der Waals surface area contributed by atoms with Crippen LogP contribution in [0.15, 0.2) is 84.9 Å². The molecule has 25 heteroatoms. The van der Waals surface area contributed by atoms with Crippen LogP contribution in [-0.2, 0) is 38.3 Å². The molecule has 7 amide bonds. The highest BCUT2D eigenvalue weighted by molar-refractivity contribution is 6.30. The monoisotopic (exact) mass is 1130 g/mol. The average Bonchev–Trinajstić information content (AvgIpc) is 4.33. The molecule has 7 N–H and O–H groups in total. The molecule has 1 aromatic heterocycles. The minimum atomic E-state index is -1.93. The van der Waals surface area contributed by atoms with Gasteiger partial charge in [0.2, 0.25) is 47.5 Å². The highest BCUT2D eigenvalue weighted by Gasteiger charge is 2.52. The first kappa shape index (κ1) is 59.8. The number of nitro groups is 2. The Morgan fingerprint density at radius 1 is 0.787 bits per heavy atom. The average molecular weight is 1130 g/mol. The van der Waals surface area contributed by atoms with E-state index in [0.717, 1.165) is 6.07 Å². The van der Waals surface area contributed by atoms with Gasteiger partial charge < -0.3 is 46.7 Å². The number of ether oxygens (including phenoxy) is 1. The Kier molecular flexibility index (Phi) is 19.4. The van der Waals surface area contributed by atoms with Crippen molar-refractivity contribution in [2.45, 2.75) is 152 Å². The van der Waals surface area contributed by atoms with Gasteiger partial charge >= 0.3 is 5.97 Å². The van der Waals surface area contributed by atoms with Crippen LogP contribution >= 0.6 is 11.6 Å². The molecule has 4 fully saturated rings. The van der Waals surface area contributed by atoms with Crippen molar-refractivity contribution in [3.05, 3.63) is 127 Å². The summed E-state index contributed by atoms with van der Waals surface area (Å²) in [4.78, 5) is 142. The molecule has 0 spiro atoms. The van der Waals surface area contributed by atoms with E-state index in [4.69, 9.17) is 16.3 Å². The van der Waals surface area contributed by atoms with E-state index in [9.17, 15) is 49.4 Å². The van der Waals surface area contributed by atoms with Crippen LogP contribution < -0.4 is 31.9 Å². The molecule has 2 saturated heterocycles. The Morgan fingerprint density at radius 2 is 1.34 bits per heavy atom. The first-order chi connectivity index (χ1) is 38.0. The lowest BCUT2D eigenvalue weighted by Gasteiger charge is -2.34. The van der Waals surface area contributed by atoms with Crippen LogP contribution in [0.2, 0.25) is 5.15 Å². The largest absolute Gasteiger partial charge is 0.458 e. The lowest BCUT2D eigenvalue weighted by molar-refractivity contribution is -0.498. The molecule has 80 heavy (non-hydrogen) atoms. The molecule has 16 atom stereocenters. The number of amides is 7. The number of carbonyl (C=O) groups excluding carboxylic acids is 8. The summed E-state index contributed by atoms with van der Waals surface area (Å²) >= 11 is 5.98. The molecular formula is C55H69ClN10O14. The molecule has 0 bridgehead atoms. The van der Waals surface area contributed by atoms with Gasteiger partial charge in [0.1, 0.15) is 59.2 Å². The molecule has 2 aromatic carbocycles. The summed E-state index contributed by atoms with van der Waals surface area (Å²) in [6.07, 6.45) is 1.86. The van der Waals surface area contributed by atoms with Crippen molar-refractivity contribution in [2.75, 3.05) is 6.54 Å². The maximum atomic E-state index is 15.2. The summed E-state index contributed by atoms with van der Waals surface area (Å²) in [6, 6.07) is 6.69. The van der Waals surface area contributed by atoms with Gasteiger partial charge in [-0.2, -0.15) is 4.73 Å². The van der Waals surface area contributed by atoms with Crippen LogP contribution in [0.25, 0.3) is 0 Å². The molecule has 2 saturated carbocycles. The van der Waals surface area contributed by atoms with E-state index < -0.39 is 159 Å². The zero-order valence-electron chi connectivity index (χ0n) is 45.2. The molecule has 0 unspecified atom stereocenters. The number of fused-ring (bicyclic) bond motifs is 1. The van der Waals surface area contributed by atoms with E-state index in [-0.39, 0.29) is 43.8 Å². The van der Waals surface area contributed by atoms with Crippen LogP contribution in [0.3, 0.4) is 0 Å². The van der Waals surface area contributed by atoms with Crippen molar-refractivity contribution in [1.82, 2.24) is 41.5 Å². The fourth-order valence-corrected chi connectivity index (χ4v) is 10.8. The van der Waals surface area contributed by atoms with E-state index in [0.29, 0.717) is 22.3 Å². The number of nitrogens with one attached hydrogen (secondary N) is 6. The Balaban J connectivity index is 1.33. The first-order valence-corrected chi connectivity index (χ1v) is 27.3. The lowest BCUT2D eigenvalue weighted by Crippen LogP contribution is -2.62. The summed E-state index contributed by atoms with van der Waals surface area (Å²) < 4.78 is 6.43. The number of benzene rings is 2. The number of esters is 1. The summed E-state index contributed by atoms with van der Waals surface area (Å²) in [5.41, 5.74) is 0.721. The van der Waals surface area contributed by atoms with Gasteiger partial charge in [-0.3, -0.25) is 53.8 Å².